The summed E-state index contributed by atoms with van der Waals surface area (Å²) in [6.45, 7) is 2.06. The molecule has 0 atom stereocenters. The summed E-state index contributed by atoms with van der Waals surface area (Å²) in [6, 6.07) is 4.66. The largest absolute Gasteiger partial charge is 0.383 e. The van der Waals surface area contributed by atoms with Gasteiger partial charge in [-0.15, -0.1) is 0 Å². The molecule has 1 aromatic rings. The molecular formula is C10H13BrFNO. The van der Waals surface area contributed by atoms with Crippen molar-refractivity contribution < 1.29 is 9.13 Å². The van der Waals surface area contributed by atoms with Gasteiger partial charge in [-0.2, -0.15) is 0 Å². The fourth-order valence-corrected chi connectivity index (χ4v) is 1.46. The first kappa shape index (κ1) is 11.6. The summed E-state index contributed by atoms with van der Waals surface area (Å²) in [5.74, 6) is -0.211. The van der Waals surface area contributed by atoms with Crippen LogP contribution in [0, 0.1) is 5.82 Å². The van der Waals surface area contributed by atoms with Crippen molar-refractivity contribution in [1.29, 1.82) is 0 Å². The third-order valence-corrected chi connectivity index (χ3v) is 2.58. The molecule has 1 aromatic carbocycles. The Hall–Kier alpha value is -0.450. The number of ether oxygens (including phenoxy) is 1. The maximum absolute atomic E-state index is 12.8. The molecule has 0 aliphatic rings. The minimum absolute atomic E-state index is 0.211. The van der Waals surface area contributed by atoms with Crippen molar-refractivity contribution >= 4 is 15.9 Å². The fraction of sp³-hybridized carbons (Fsp3) is 0.400. The Morgan fingerprint density at radius 2 is 2.29 bits per heavy atom. The summed E-state index contributed by atoms with van der Waals surface area (Å²) in [7, 11) is 1.65. The fourth-order valence-electron chi connectivity index (χ4n) is 1.08. The summed E-state index contributed by atoms with van der Waals surface area (Å²) in [5.41, 5.74) is 0.918. The summed E-state index contributed by atoms with van der Waals surface area (Å²) in [5, 5.41) is 3.15. The van der Waals surface area contributed by atoms with Crippen molar-refractivity contribution in [1.82, 2.24) is 5.32 Å². The molecular weight excluding hydrogens is 249 g/mol. The smallest absolute Gasteiger partial charge is 0.123 e. The van der Waals surface area contributed by atoms with Crippen LogP contribution in [-0.4, -0.2) is 20.3 Å². The highest BCUT2D eigenvalue weighted by Crippen LogP contribution is 2.17. The molecule has 1 rings (SSSR count). The lowest BCUT2D eigenvalue weighted by molar-refractivity contribution is 0.199. The van der Waals surface area contributed by atoms with Gasteiger partial charge in [-0.05, 0) is 23.8 Å². The highest BCUT2D eigenvalue weighted by Gasteiger charge is 2.00. The molecule has 0 saturated carbocycles. The number of hydrogen-bond acceptors (Lipinski definition) is 2. The SMILES string of the molecule is COCCNCc1cc(F)ccc1Br. The van der Waals surface area contributed by atoms with E-state index in [1.807, 2.05) is 0 Å². The summed E-state index contributed by atoms with van der Waals surface area (Å²) in [6.07, 6.45) is 0. The highest BCUT2D eigenvalue weighted by molar-refractivity contribution is 9.10. The van der Waals surface area contributed by atoms with Crippen molar-refractivity contribution in [2.75, 3.05) is 20.3 Å². The van der Waals surface area contributed by atoms with Crippen LogP contribution < -0.4 is 5.32 Å². The Morgan fingerprint density at radius 1 is 1.50 bits per heavy atom. The van der Waals surface area contributed by atoms with E-state index in [1.54, 1.807) is 13.2 Å². The zero-order chi connectivity index (χ0) is 10.4. The molecule has 78 valence electrons. The molecule has 0 unspecified atom stereocenters. The van der Waals surface area contributed by atoms with Crippen molar-refractivity contribution in [3.63, 3.8) is 0 Å². The van der Waals surface area contributed by atoms with Gasteiger partial charge in [0.1, 0.15) is 5.82 Å². The average molecular weight is 262 g/mol. The second-order valence-electron chi connectivity index (χ2n) is 2.91. The number of nitrogens with one attached hydrogen (secondary N) is 1. The molecule has 0 spiro atoms. The van der Waals surface area contributed by atoms with Crippen LogP contribution in [-0.2, 0) is 11.3 Å². The van der Waals surface area contributed by atoms with E-state index in [-0.39, 0.29) is 5.82 Å². The minimum Gasteiger partial charge on any atom is -0.383 e. The van der Waals surface area contributed by atoms with Gasteiger partial charge in [0.2, 0.25) is 0 Å². The van der Waals surface area contributed by atoms with E-state index in [0.717, 1.165) is 16.6 Å². The molecule has 0 aliphatic carbocycles. The lowest BCUT2D eigenvalue weighted by atomic mass is 10.2. The second kappa shape index (κ2) is 6.11. The molecule has 4 heteroatoms. The summed E-state index contributed by atoms with van der Waals surface area (Å²) < 4.78 is 18.7. The predicted octanol–water partition coefficient (Wildman–Crippen LogP) is 2.32. The van der Waals surface area contributed by atoms with Crippen LogP contribution in [0.25, 0.3) is 0 Å². The molecule has 14 heavy (non-hydrogen) atoms. The van der Waals surface area contributed by atoms with Crippen molar-refractivity contribution in [3.05, 3.63) is 34.1 Å². The Labute approximate surface area is 91.6 Å². The van der Waals surface area contributed by atoms with Crippen LogP contribution in [0.2, 0.25) is 0 Å². The monoisotopic (exact) mass is 261 g/mol. The van der Waals surface area contributed by atoms with E-state index < -0.39 is 0 Å². The normalized spacial score (nSPS) is 10.5. The average Bonchev–Trinajstić information content (AvgIpc) is 2.18. The van der Waals surface area contributed by atoms with Crippen molar-refractivity contribution in [2.24, 2.45) is 0 Å². The Kier molecular flexibility index (Phi) is 5.07. The molecule has 0 aromatic heterocycles. The Bertz CT molecular complexity index is 293. The molecule has 0 saturated heterocycles. The van der Waals surface area contributed by atoms with E-state index in [1.165, 1.54) is 12.1 Å². The molecule has 2 nitrogen and oxygen atoms in total. The van der Waals surface area contributed by atoms with E-state index in [0.29, 0.717) is 13.2 Å². The zero-order valence-corrected chi connectivity index (χ0v) is 9.60. The van der Waals surface area contributed by atoms with Gasteiger partial charge in [0.05, 0.1) is 6.61 Å². The highest BCUT2D eigenvalue weighted by atomic mass is 79.9. The molecule has 0 heterocycles. The first-order chi connectivity index (χ1) is 6.74. The van der Waals surface area contributed by atoms with Gasteiger partial charge in [0.15, 0.2) is 0 Å². The minimum atomic E-state index is -0.211. The van der Waals surface area contributed by atoms with Gasteiger partial charge in [0, 0.05) is 24.7 Å². The van der Waals surface area contributed by atoms with E-state index in [4.69, 9.17) is 4.74 Å². The van der Waals surface area contributed by atoms with Gasteiger partial charge in [-0.25, -0.2) is 4.39 Å². The van der Waals surface area contributed by atoms with Crippen LogP contribution in [0.5, 0.6) is 0 Å². The Balaban J connectivity index is 2.45. The third kappa shape index (κ3) is 3.74. The summed E-state index contributed by atoms with van der Waals surface area (Å²) >= 11 is 3.36. The molecule has 0 fully saturated rings. The predicted molar refractivity (Wildman–Crippen MR) is 57.7 cm³/mol. The van der Waals surface area contributed by atoms with Crippen molar-refractivity contribution in [3.8, 4) is 0 Å². The van der Waals surface area contributed by atoms with Crippen LogP contribution in [0.1, 0.15) is 5.56 Å². The number of benzene rings is 1. The lowest BCUT2D eigenvalue weighted by Crippen LogP contribution is -2.18. The van der Waals surface area contributed by atoms with Gasteiger partial charge in [-0.3, -0.25) is 0 Å². The topological polar surface area (TPSA) is 21.3 Å². The molecule has 0 radical (unpaired) electrons. The molecule has 0 amide bonds. The number of rotatable bonds is 5. The van der Waals surface area contributed by atoms with Gasteiger partial charge in [0.25, 0.3) is 0 Å². The van der Waals surface area contributed by atoms with Crippen LogP contribution >= 0.6 is 15.9 Å². The maximum atomic E-state index is 12.8. The standard InChI is InChI=1S/C10H13BrFNO/c1-14-5-4-13-7-8-6-9(12)2-3-10(8)11/h2-3,6,13H,4-5,7H2,1H3. The Morgan fingerprint density at radius 3 is 3.00 bits per heavy atom. The molecule has 0 aliphatic heterocycles. The van der Waals surface area contributed by atoms with Crippen LogP contribution in [0.15, 0.2) is 22.7 Å². The van der Waals surface area contributed by atoms with Gasteiger partial charge >= 0.3 is 0 Å². The third-order valence-electron chi connectivity index (χ3n) is 1.81. The summed E-state index contributed by atoms with van der Waals surface area (Å²) in [4.78, 5) is 0. The number of hydrogen-bond donors (Lipinski definition) is 1. The lowest BCUT2D eigenvalue weighted by Gasteiger charge is -2.06. The van der Waals surface area contributed by atoms with Gasteiger partial charge < -0.3 is 10.1 Å². The second-order valence-corrected chi connectivity index (χ2v) is 3.76. The van der Waals surface area contributed by atoms with Crippen LogP contribution in [0.3, 0.4) is 0 Å². The van der Waals surface area contributed by atoms with Gasteiger partial charge in [-0.1, -0.05) is 15.9 Å². The number of methoxy groups -OCH3 is 1. The zero-order valence-electron chi connectivity index (χ0n) is 8.02. The molecule has 1 N–H and O–H groups in total. The van der Waals surface area contributed by atoms with Crippen LogP contribution in [0.4, 0.5) is 4.39 Å². The number of halogens is 2. The van der Waals surface area contributed by atoms with E-state index in [2.05, 4.69) is 21.2 Å². The first-order valence-corrected chi connectivity index (χ1v) is 5.17. The first-order valence-electron chi connectivity index (χ1n) is 4.37. The molecule has 0 bridgehead atoms. The van der Waals surface area contributed by atoms with E-state index in [9.17, 15) is 4.39 Å². The maximum Gasteiger partial charge on any atom is 0.123 e. The van der Waals surface area contributed by atoms with Crippen molar-refractivity contribution in [2.45, 2.75) is 6.54 Å². The van der Waals surface area contributed by atoms with E-state index >= 15 is 0 Å². The quantitative estimate of drug-likeness (QED) is 0.822.